The highest BCUT2D eigenvalue weighted by Crippen LogP contribution is 2.34. The maximum atomic E-state index is 14.7. The molecule has 4 aromatic heterocycles. The summed E-state index contributed by atoms with van der Waals surface area (Å²) in [5.41, 5.74) is 7.61. The average molecular weight is 577 g/mol. The Labute approximate surface area is 248 Å². The third-order valence-electron chi connectivity index (χ3n) is 7.90. The summed E-state index contributed by atoms with van der Waals surface area (Å²) >= 11 is 0. The van der Waals surface area contributed by atoms with Crippen LogP contribution in [0.4, 0.5) is 4.39 Å². The molecule has 1 fully saturated rings. The maximum Gasteiger partial charge on any atom is 0.178 e. The summed E-state index contributed by atoms with van der Waals surface area (Å²) in [5, 5.41) is 8.68. The zero-order valence-corrected chi connectivity index (χ0v) is 24.3. The van der Waals surface area contributed by atoms with Crippen molar-refractivity contribution in [2.24, 2.45) is 0 Å². The van der Waals surface area contributed by atoms with Crippen molar-refractivity contribution in [3.63, 3.8) is 0 Å². The number of ether oxygens (including phenoxy) is 1. The zero-order chi connectivity index (χ0) is 29.3. The first-order chi connectivity index (χ1) is 21.0. The van der Waals surface area contributed by atoms with E-state index in [0.29, 0.717) is 40.6 Å². The highest BCUT2D eigenvalue weighted by atomic mass is 19.1. The van der Waals surface area contributed by atoms with E-state index in [2.05, 4.69) is 48.2 Å². The largest absolute Gasteiger partial charge is 0.492 e. The minimum Gasteiger partial charge on any atom is -0.492 e. The number of rotatable bonds is 9. The molecule has 1 aliphatic heterocycles. The van der Waals surface area contributed by atoms with Crippen LogP contribution in [-0.2, 0) is 6.54 Å². The van der Waals surface area contributed by atoms with Crippen molar-refractivity contribution in [2.45, 2.75) is 19.4 Å². The van der Waals surface area contributed by atoms with Crippen LogP contribution in [0.5, 0.6) is 5.75 Å². The third kappa shape index (κ3) is 5.71. The van der Waals surface area contributed by atoms with Crippen LogP contribution in [0.15, 0.2) is 67.1 Å². The molecule has 0 saturated carbocycles. The lowest BCUT2D eigenvalue weighted by Crippen LogP contribution is -2.19. The minimum atomic E-state index is -0.369. The molecular formula is C33H33FN8O. The van der Waals surface area contributed by atoms with Crippen molar-refractivity contribution in [3.8, 4) is 39.5 Å². The number of hydrogen-bond donors (Lipinski definition) is 2. The number of likely N-dealkylation sites (tertiary alicyclic amines) is 1. The van der Waals surface area contributed by atoms with E-state index in [4.69, 9.17) is 9.72 Å². The second-order valence-corrected chi connectivity index (χ2v) is 11.4. The zero-order valence-electron chi connectivity index (χ0n) is 24.3. The van der Waals surface area contributed by atoms with E-state index in [0.717, 1.165) is 53.8 Å². The summed E-state index contributed by atoms with van der Waals surface area (Å²) in [5.74, 6) is 0.691. The lowest BCUT2D eigenvalue weighted by atomic mass is 10.0. The summed E-state index contributed by atoms with van der Waals surface area (Å²) in [7, 11) is 3.94. The molecule has 2 N–H and O–H groups in total. The number of benzene rings is 2. The molecule has 7 rings (SSSR count). The predicted octanol–water partition coefficient (Wildman–Crippen LogP) is 5.91. The summed E-state index contributed by atoms with van der Waals surface area (Å²) in [4.78, 5) is 21.7. The van der Waals surface area contributed by atoms with Crippen LogP contribution < -0.4 is 4.74 Å². The topological polar surface area (TPSA) is 98.8 Å². The molecule has 218 valence electrons. The highest BCUT2D eigenvalue weighted by Gasteiger charge is 2.18. The van der Waals surface area contributed by atoms with Gasteiger partial charge in [0, 0.05) is 54.3 Å². The van der Waals surface area contributed by atoms with Gasteiger partial charge in [0.05, 0.1) is 11.0 Å². The molecule has 0 amide bonds. The summed E-state index contributed by atoms with van der Waals surface area (Å²) in [6, 6.07) is 15.1. The number of hydrogen-bond acceptors (Lipinski definition) is 7. The predicted molar refractivity (Wildman–Crippen MR) is 166 cm³/mol. The molecule has 43 heavy (non-hydrogen) atoms. The van der Waals surface area contributed by atoms with E-state index in [-0.39, 0.29) is 5.82 Å². The normalized spacial score (nSPS) is 14.0. The lowest BCUT2D eigenvalue weighted by molar-refractivity contribution is 0.260. The third-order valence-corrected chi connectivity index (χ3v) is 7.90. The molecule has 1 aliphatic rings. The molecule has 9 nitrogen and oxygen atoms in total. The van der Waals surface area contributed by atoms with Gasteiger partial charge < -0.3 is 14.6 Å². The number of nitrogens with one attached hydrogen (secondary N) is 2. The quantitative estimate of drug-likeness (QED) is 0.221. The number of H-pyrrole nitrogens is 2. The van der Waals surface area contributed by atoms with Crippen molar-refractivity contribution >= 4 is 22.1 Å². The molecule has 6 aromatic rings. The van der Waals surface area contributed by atoms with Crippen LogP contribution >= 0.6 is 0 Å². The number of aromatic amines is 2. The number of aromatic nitrogens is 6. The number of halogens is 1. The van der Waals surface area contributed by atoms with Crippen LogP contribution in [0.1, 0.15) is 18.4 Å². The summed E-state index contributed by atoms with van der Waals surface area (Å²) in [6.07, 6.45) is 8.08. The van der Waals surface area contributed by atoms with Gasteiger partial charge in [-0.25, -0.2) is 14.4 Å². The van der Waals surface area contributed by atoms with E-state index in [1.165, 1.54) is 30.5 Å². The molecule has 1 saturated heterocycles. The van der Waals surface area contributed by atoms with Crippen LogP contribution in [0.25, 0.3) is 55.8 Å². The Morgan fingerprint density at radius 2 is 1.86 bits per heavy atom. The molecular weight excluding hydrogens is 543 g/mol. The van der Waals surface area contributed by atoms with Crippen LogP contribution in [0.2, 0.25) is 0 Å². The molecule has 5 heterocycles. The molecule has 0 spiro atoms. The Morgan fingerprint density at radius 1 is 0.977 bits per heavy atom. The molecule has 0 unspecified atom stereocenters. The van der Waals surface area contributed by atoms with Crippen LogP contribution in [0.3, 0.4) is 0 Å². The first-order valence-electron chi connectivity index (χ1n) is 14.6. The van der Waals surface area contributed by atoms with E-state index in [9.17, 15) is 4.39 Å². The van der Waals surface area contributed by atoms with Gasteiger partial charge in [-0.05, 0) is 93.1 Å². The van der Waals surface area contributed by atoms with Gasteiger partial charge in [-0.1, -0.05) is 6.07 Å². The van der Waals surface area contributed by atoms with Crippen molar-refractivity contribution in [3.05, 3.63) is 78.5 Å². The lowest BCUT2D eigenvalue weighted by Gasteiger charge is -2.14. The van der Waals surface area contributed by atoms with Gasteiger partial charge >= 0.3 is 0 Å². The standard InChI is InChI=1S/C33H33FN8O/c1-41(2)11-12-43-26-15-23(14-25(34)17-26)27-7-8-36-32-30(27)37-33(38-32)31-28-16-22(5-6-29(28)39-40-31)24-13-21(18-35-19-24)20-42-9-3-4-10-42/h5-8,13-19H,3-4,9-12,20H2,1-2H3,(H,39,40)(H,36,37,38). The Kier molecular flexibility index (Phi) is 7.30. The monoisotopic (exact) mass is 576 g/mol. The summed E-state index contributed by atoms with van der Waals surface area (Å²) < 4.78 is 20.5. The molecule has 0 bridgehead atoms. The second kappa shape index (κ2) is 11.5. The van der Waals surface area contributed by atoms with Gasteiger partial charge in [-0.3, -0.25) is 15.0 Å². The molecule has 2 aromatic carbocycles. The molecule has 0 aliphatic carbocycles. The first kappa shape index (κ1) is 27.2. The van der Waals surface area contributed by atoms with Crippen molar-refractivity contribution in [1.29, 1.82) is 0 Å². The van der Waals surface area contributed by atoms with E-state index in [1.807, 2.05) is 49.6 Å². The van der Waals surface area contributed by atoms with E-state index < -0.39 is 0 Å². The number of fused-ring (bicyclic) bond motifs is 2. The van der Waals surface area contributed by atoms with Gasteiger partial charge in [0.1, 0.15) is 23.9 Å². The Bertz CT molecular complexity index is 1910. The van der Waals surface area contributed by atoms with E-state index >= 15 is 0 Å². The van der Waals surface area contributed by atoms with Gasteiger partial charge in [-0.2, -0.15) is 5.10 Å². The fraction of sp³-hybridized carbons (Fsp3) is 0.273. The second-order valence-electron chi connectivity index (χ2n) is 11.4. The number of likely N-dealkylation sites (N-methyl/N-ethyl adjacent to an activating group) is 1. The molecule has 0 radical (unpaired) electrons. The van der Waals surface area contributed by atoms with Crippen molar-refractivity contribution in [1.82, 2.24) is 39.9 Å². The van der Waals surface area contributed by atoms with Crippen molar-refractivity contribution < 1.29 is 9.13 Å². The average Bonchev–Trinajstić information content (AvgIpc) is 3.76. The Morgan fingerprint density at radius 3 is 2.72 bits per heavy atom. The van der Waals surface area contributed by atoms with Crippen LogP contribution in [0, 0.1) is 5.82 Å². The van der Waals surface area contributed by atoms with E-state index in [1.54, 1.807) is 6.20 Å². The summed E-state index contributed by atoms with van der Waals surface area (Å²) in [6.45, 7) is 4.41. The molecule has 10 heteroatoms. The van der Waals surface area contributed by atoms with Gasteiger partial charge in [0.2, 0.25) is 0 Å². The number of pyridine rings is 2. The SMILES string of the molecule is CN(C)CCOc1cc(F)cc(-c2ccnc3nc(-c4n[nH]c5ccc(-c6cncc(CN7CCCC7)c6)cc45)[nH]c23)c1. The Hall–Kier alpha value is -4.67. The van der Waals surface area contributed by atoms with Gasteiger partial charge in [0.25, 0.3) is 0 Å². The number of nitrogens with zero attached hydrogens (tertiary/aromatic N) is 6. The highest BCUT2D eigenvalue weighted by molar-refractivity contribution is 5.97. The van der Waals surface area contributed by atoms with Gasteiger partial charge in [0.15, 0.2) is 11.5 Å². The van der Waals surface area contributed by atoms with Crippen LogP contribution in [-0.4, -0.2) is 80.3 Å². The minimum absolute atomic E-state index is 0.369. The van der Waals surface area contributed by atoms with Gasteiger partial charge in [-0.15, -0.1) is 0 Å². The fourth-order valence-electron chi connectivity index (χ4n) is 5.72. The number of imidazole rings is 1. The first-order valence-corrected chi connectivity index (χ1v) is 14.6. The molecule has 0 atom stereocenters. The Balaban J connectivity index is 1.22. The smallest absolute Gasteiger partial charge is 0.178 e. The fourth-order valence-corrected chi connectivity index (χ4v) is 5.72. The van der Waals surface area contributed by atoms with Crippen molar-refractivity contribution in [2.75, 3.05) is 40.3 Å². The maximum absolute atomic E-state index is 14.7.